The van der Waals surface area contributed by atoms with Crippen LogP contribution in [0.25, 0.3) is 0 Å². The fourth-order valence-corrected chi connectivity index (χ4v) is 2.37. The van der Waals surface area contributed by atoms with Crippen molar-refractivity contribution in [1.82, 2.24) is 0 Å². The standard InChI is InChI=1S/C13H16N2O2S/c1-17-12-4-2-3-10(13(12)14)15-7-11(16)9-5-6-18-8-9/h2-6,8,11,15-16H,7,14H2,1H3. The molecule has 2 rings (SSSR count). The number of aliphatic hydroxyl groups is 1. The molecule has 4 nitrogen and oxygen atoms in total. The van der Waals surface area contributed by atoms with Gasteiger partial charge in [0.2, 0.25) is 0 Å². The lowest BCUT2D eigenvalue weighted by atomic mass is 10.2. The maximum absolute atomic E-state index is 9.96. The Morgan fingerprint density at radius 1 is 1.44 bits per heavy atom. The highest BCUT2D eigenvalue weighted by Gasteiger charge is 2.09. The molecule has 0 radical (unpaired) electrons. The number of anilines is 2. The van der Waals surface area contributed by atoms with Crippen molar-refractivity contribution in [3.63, 3.8) is 0 Å². The minimum Gasteiger partial charge on any atom is -0.495 e. The van der Waals surface area contributed by atoms with E-state index in [-0.39, 0.29) is 0 Å². The number of ether oxygens (including phenoxy) is 1. The van der Waals surface area contributed by atoms with E-state index in [1.807, 2.05) is 29.0 Å². The zero-order valence-electron chi connectivity index (χ0n) is 10.1. The van der Waals surface area contributed by atoms with Crippen LogP contribution in [0.1, 0.15) is 11.7 Å². The number of rotatable bonds is 5. The molecule has 18 heavy (non-hydrogen) atoms. The molecule has 0 spiro atoms. The molecule has 1 atom stereocenters. The van der Waals surface area contributed by atoms with Crippen LogP contribution in [0, 0.1) is 0 Å². The average Bonchev–Trinajstić information content (AvgIpc) is 2.91. The number of benzene rings is 1. The Morgan fingerprint density at radius 3 is 2.94 bits per heavy atom. The molecule has 5 heteroatoms. The molecule has 1 unspecified atom stereocenters. The molecule has 0 bridgehead atoms. The molecular formula is C13H16N2O2S. The number of nitrogens with two attached hydrogens (primary N) is 1. The van der Waals surface area contributed by atoms with Crippen LogP contribution in [0.4, 0.5) is 11.4 Å². The topological polar surface area (TPSA) is 67.5 Å². The fourth-order valence-electron chi connectivity index (χ4n) is 1.67. The van der Waals surface area contributed by atoms with Gasteiger partial charge in [0.15, 0.2) is 0 Å². The predicted molar refractivity (Wildman–Crippen MR) is 75.2 cm³/mol. The normalized spacial score (nSPS) is 12.1. The van der Waals surface area contributed by atoms with Gasteiger partial charge in [-0.05, 0) is 34.5 Å². The quantitative estimate of drug-likeness (QED) is 0.726. The fraction of sp³-hybridized carbons (Fsp3) is 0.231. The van der Waals surface area contributed by atoms with Gasteiger partial charge in [-0.15, -0.1) is 0 Å². The van der Waals surface area contributed by atoms with Crippen LogP contribution in [0.5, 0.6) is 5.75 Å². The molecule has 4 N–H and O–H groups in total. The summed E-state index contributed by atoms with van der Waals surface area (Å²) >= 11 is 1.57. The SMILES string of the molecule is COc1cccc(NCC(O)c2ccsc2)c1N. The molecular weight excluding hydrogens is 248 g/mol. The van der Waals surface area contributed by atoms with E-state index in [1.54, 1.807) is 24.5 Å². The Labute approximate surface area is 110 Å². The molecule has 2 aromatic rings. The predicted octanol–water partition coefficient (Wildman–Crippen LogP) is 2.48. The number of nitrogen functional groups attached to an aromatic ring is 1. The van der Waals surface area contributed by atoms with Gasteiger partial charge in [-0.2, -0.15) is 11.3 Å². The zero-order valence-corrected chi connectivity index (χ0v) is 10.9. The van der Waals surface area contributed by atoms with Crippen LogP contribution >= 0.6 is 11.3 Å². The highest BCUT2D eigenvalue weighted by atomic mass is 32.1. The van der Waals surface area contributed by atoms with E-state index in [0.29, 0.717) is 18.0 Å². The van der Waals surface area contributed by atoms with Gasteiger partial charge in [0.25, 0.3) is 0 Å². The summed E-state index contributed by atoms with van der Waals surface area (Å²) in [5, 5.41) is 17.0. The second kappa shape index (κ2) is 5.75. The molecule has 0 saturated carbocycles. The molecule has 1 aromatic carbocycles. The van der Waals surface area contributed by atoms with Crippen molar-refractivity contribution in [3.8, 4) is 5.75 Å². The summed E-state index contributed by atoms with van der Waals surface area (Å²) in [6.45, 7) is 0.411. The Bertz CT molecular complexity index is 500. The molecule has 1 aromatic heterocycles. The van der Waals surface area contributed by atoms with Crippen molar-refractivity contribution in [2.24, 2.45) is 0 Å². The lowest BCUT2D eigenvalue weighted by Gasteiger charge is -2.14. The Balaban J connectivity index is 2.02. The summed E-state index contributed by atoms with van der Waals surface area (Å²) in [5.41, 5.74) is 8.16. The van der Waals surface area contributed by atoms with Gasteiger partial charge in [0.05, 0.1) is 24.6 Å². The van der Waals surface area contributed by atoms with Crippen LogP contribution < -0.4 is 15.8 Å². The molecule has 0 aliphatic heterocycles. The van der Waals surface area contributed by atoms with E-state index in [1.165, 1.54) is 0 Å². The van der Waals surface area contributed by atoms with E-state index in [9.17, 15) is 5.11 Å². The van der Waals surface area contributed by atoms with Gasteiger partial charge >= 0.3 is 0 Å². The minimum atomic E-state index is -0.540. The lowest BCUT2D eigenvalue weighted by molar-refractivity contribution is 0.192. The van der Waals surface area contributed by atoms with Crippen LogP contribution in [-0.4, -0.2) is 18.8 Å². The van der Waals surface area contributed by atoms with Gasteiger partial charge in [-0.25, -0.2) is 0 Å². The lowest BCUT2D eigenvalue weighted by Crippen LogP contribution is -2.12. The molecule has 0 aliphatic carbocycles. The van der Waals surface area contributed by atoms with Crippen molar-refractivity contribution in [2.75, 3.05) is 24.7 Å². The van der Waals surface area contributed by atoms with Crippen LogP contribution in [0.15, 0.2) is 35.0 Å². The van der Waals surface area contributed by atoms with Crippen LogP contribution in [0.2, 0.25) is 0 Å². The number of methoxy groups -OCH3 is 1. The third kappa shape index (κ3) is 2.75. The summed E-state index contributed by atoms with van der Waals surface area (Å²) in [6, 6.07) is 7.43. The second-order valence-corrected chi connectivity index (χ2v) is 4.65. The number of hydrogen-bond acceptors (Lipinski definition) is 5. The van der Waals surface area contributed by atoms with Crippen molar-refractivity contribution >= 4 is 22.7 Å². The van der Waals surface area contributed by atoms with Crippen molar-refractivity contribution in [2.45, 2.75) is 6.10 Å². The van der Waals surface area contributed by atoms with E-state index in [0.717, 1.165) is 11.3 Å². The Hall–Kier alpha value is -1.72. The molecule has 1 heterocycles. The maximum Gasteiger partial charge on any atom is 0.143 e. The maximum atomic E-state index is 9.96. The summed E-state index contributed by atoms with van der Waals surface area (Å²) in [6.07, 6.45) is -0.540. The first-order valence-electron chi connectivity index (χ1n) is 5.59. The van der Waals surface area contributed by atoms with E-state index < -0.39 is 6.10 Å². The van der Waals surface area contributed by atoms with Crippen molar-refractivity contribution < 1.29 is 9.84 Å². The first kappa shape index (κ1) is 12.7. The van der Waals surface area contributed by atoms with Crippen molar-refractivity contribution in [3.05, 3.63) is 40.6 Å². The molecule has 0 amide bonds. The van der Waals surface area contributed by atoms with Gasteiger partial charge in [0.1, 0.15) is 5.75 Å². The van der Waals surface area contributed by atoms with E-state index in [4.69, 9.17) is 10.5 Å². The molecule has 0 fully saturated rings. The zero-order chi connectivity index (χ0) is 13.0. The number of nitrogens with one attached hydrogen (secondary N) is 1. The molecule has 0 aliphatic rings. The number of hydrogen-bond donors (Lipinski definition) is 3. The highest BCUT2D eigenvalue weighted by Crippen LogP contribution is 2.29. The third-order valence-electron chi connectivity index (χ3n) is 2.70. The smallest absolute Gasteiger partial charge is 0.143 e. The van der Waals surface area contributed by atoms with Gasteiger partial charge in [0, 0.05) is 6.54 Å². The molecule has 96 valence electrons. The first-order chi connectivity index (χ1) is 8.72. The number of aliphatic hydroxyl groups excluding tert-OH is 1. The van der Waals surface area contributed by atoms with Gasteiger partial charge in [-0.3, -0.25) is 0 Å². The van der Waals surface area contributed by atoms with Gasteiger partial charge in [-0.1, -0.05) is 6.07 Å². The monoisotopic (exact) mass is 264 g/mol. The average molecular weight is 264 g/mol. The summed E-state index contributed by atoms with van der Waals surface area (Å²) in [4.78, 5) is 0. The van der Waals surface area contributed by atoms with Crippen LogP contribution in [0.3, 0.4) is 0 Å². The van der Waals surface area contributed by atoms with E-state index in [2.05, 4.69) is 5.32 Å². The summed E-state index contributed by atoms with van der Waals surface area (Å²) in [7, 11) is 1.58. The Kier molecular flexibility index (Phi) is 4.07. The summed E-state index contributed by atoms with van der Waals surface area (Å²) in [5.74, 6) is 0.630. The highest BCUT2D eigenvalue weighted by molar-refractivity contribution is 7.07. The van der Waals surface area contributed by atoms with E-state index >= 15 is 0 Å². The number of thiophene rings is 1. The second-order valence-electron chi connectivity index (χ2n) is 3.87. The largest absolute Gasteiger partial charge is 0.495 e. The minimum absolute atomic E-state index is 0.411. The van der Waals surface area contributed by atoms with Crippen LogP contribution in [-0.2, 0) is 0 Å². The first-order valence-corrected chi connectivity index (χ1v) is 6.53. The molecule has 0 saturated heterocycles. The van der Waals surface area contributed by atoms with Gasteiger partial charge < -0.3 is 20.9 Å². The Morgan fingerprint density at radius 2 is 2.28 bits per heavy atom. The summed E-state index contributed by atoms with van der Waals surface area (Å²) < 4.78 is 5.14. The number of para-hydroxylation sites is 1. The third-order valence-corrected chi connectivity index (χ3v) is 3.40. The van der Waals surface area contributed by atoms with Crippen molar-refractivity contribution in [1.29, 1.82) is 0 Å².